The van der Waals surface area contributed by atoms with Gasteiger partial charge in [-0.25, -0.2) is 0 Å². The van der Waals surface area contributed by atoms with Gasteiger partial charge in [-0.15, -0.1) is 0 Å². The van der Waals surface area contributed by atoms with Gasteiger partial charge in [-0.3, -0.25) is 4.79 Å². The first-order chi connectivity index (χ1) is 8.93. The highest BCUT2D eigenvalue weighted by Gasteiger charge is 2.19. The van der Waals surface area contributed by atoms with Crippen LogP contribution in [0.3, 0.4) is 0 Å². The summed E-state index contributed by atoms with van der Waals surface area (Å²) >= 11 is 3.42. The van der Waals surface area contributed by atoms with E-state index in [4.69, 9.17) is 15.6 Å². The molecule has 1 unspecified atom stereocenters. The summed E-state index contributed by atoms with van der Waals surface area (Å²) in [4.78, 5) is 14.0. The lowest BCUT2D eigenvalue weighted by Crippen LogP contribution is -2.32. The number of nitrogens with one attached hydrogen (secondary N) is 1. The lowest BCUT2D eigenvalue weighted by molar-refractivity contribution is -0.138. The summed E-state index contributed by atoms with van der Waals surface area (Å²) in [6.45, 7) is 1.96. The molecule has 0 bridgehead atoms. The number of carbonyl (C=O) groups is 1. The second-order valence-electron chi connectivity index (χ2n) is 4.46. The number of hydrogen-bond acceptors (Lipinski definition) is 3. The number of carboxylic acid groups (broad SMARTS) is 1. The van der Waals surface area contributed by atoms with Gasteiger partial charge in [0.2, 0.25) is 0 Å². The number of aromatic amines is 1. The van der Waals surface area contributed by atoms with Crippen LogP contribution >= 0.6 is 15.9 Å². The van der Waals surface area contributed by atoms with Crippen LogP contribution in [0.1, 0.15) is 11.1 Å². The summed E-state index contributed by atoms with van der Waals surface area (Å²) in [5.74, 6) is -0.285. The molecule has 102 valence electrons. The van der Waals surface area contributed by atoms with Crippen molar-refractivity contribution in [2.45, 2.75) is 19.4 Å². The SMILES string of the molecule is COc1cc(C)cc2c(CC(N)C(=O)O)c(Br)[nH]c12. The molecule has 1 aromatic carbocycles. The Morgan fingerprint density at radius 1 is 1.58 bits per heavy atom. The average molecular weight is 327 g/mol. The van der Waals surface area contributed by atoms with Crippen molar-refractivity contribution >= 4 is 32.8 Å². The third-order valence-electron chi connectivity index (χ3n) is 3.03. The van der Waals surface area contributed by atoms with Gasteiger partial charge in [-0.2, -0.15) is 0 Å². The Morgan fingerprint density at radius 3 is 2.84 bits per heavy atom. The lowest BCUT2D eigenvalue weighted by atomic mass is 10.0. The van der Waals surface area contributed by atoms with E-state index in [-0.39, 0.29) is 6.42 Å². The largest absolute Gasteiger partial charge is 0.495 e. The van der Waals surface area contributed by atoms with Crippen LogP contribution in [0.2, 0.25) is 0 Å². The quantitative estimate of drug-likeness (QED) is 0.803. The average Bonchev–Trinajstić information content (AvgIpc) is 2.65. The van der Waals surface area contributed by atoms with Gasteiger partial charge in [-0.1, -0.05) is 0 Å². The van der Waals surface area contributed by atoms with Crippen LogP contribution in [0.4, 0.5) is 0 Å². The maximum Gasteiger partial charge on any atom is 0.320 e. The molecule has 6 heteroatoms. The number of aryl methyl sites for hydroxylation is 1. The van der Waals surface area contributed by atoms with Crippen molar-refractivity contribution in [3.8, 4) is 5.75 Å². The maximum absolute atomic E-state index is 10.9. The Hall–Kier alpha value is -1.53. The molecule has 0 saturated heterocycles. The Balaban J connectivity index is 2.58. The van der Waals surface area contributed by atoms with Crippen LogP contribution in [-0.4, -0.2) is 29.2 Å². The predicted molar refractivity (Wildman–Crippen MR) is 76.6 cm³/mol. The molecule has 0 fully saturated rings. The normalized spacial score (nSPS) is 12.6. The molecule has 0 aliphatic carbocycles. The van der Waals surface area contributed by atoms with Gasteiger partial charge in [0.1, 0.15) is 11.8 Å². The zero-order valence-electron chi connectivity index (χ0n) is 10.7. The molecule has 0 aliphatic rings. The summed E-state index contributed by atoms with van der Waals surface area (Å²) in [5.41, 5.74) is 8.35. The van der Waals surface area contributed by atoms with Crippen molar-refractivity contribution in [1.29, 1.82) is 0 Å². The minimum atomic E-state index is -1.01. The monoisotopic (exact) mass is 326 g/mol. The molecule has 19 heavy (non-hydrogen) atoms. The third kappa shape index (κ3) is 2.59. The summed E-state index contributed by atoms with van der Waals surface area (Å²) in [6.07, 6.45) is 0.253. The van der Waals surface area contributed by atoms with E-state index in [1.807, 2.05) is 19.1 Å². The number of rotatable bonds is 4. The molecular formula is C13H15BrN2O3. The first-order valence-electron chi connectivity index (χ1n) is 5.77. The van der Waals surface area contributed by atoms with E-state index in [0.29, 0.717) is 0 Å². The molecule has 1 aromatic heterocycles. The summed E-state index contributed by atoms with van der Waals surface area (Å²) < 4.78 is 6.07. The van der Waals surface area contributed by atoms with Crippen LogP contribution in [0.15, 0.2) is 16.7 Å². The molecule has 2 rings (SSSR count). The molecule has 0 saturated carbocycles. The van der Waals surface area contributed by atoms with Crippen molar-refractivity contribution in [2.75, 3.05) is 7.11 Å². The fraction of sp³-hybridized carbons (Fsp3) is 0.308. The Labute approximate surface area is 118 Å². The number of carboxylic acids is 1. The highest BCUT2D eigenvalue weighted by atomic mass is 79.9. The fourth-order valence-corrected chi connectivity index (χ4v) is 2.67. The molecule has 0 amide bonds. The molecule has 4 N–H and O–H groups in total. The number of halogens is 1. The van der Waals surface area contributed by atoms with Gasteiger partial charge in [0.05, 0.1) is 17.2 Å². The fourth-order valence-electron chi connectivity index (χ4n) is 2.09. The third-order valence-corrected chi connectivity index (χ3v) is 3.71. The molecule has 0 spiro atoms. The Bertz CT molecular complexity index is 636. The Morgan fingerprint density at radius 2 is 2.26 bits per heavy atom. The summed E-state index contributed by atoms with van der Waals surface area (Å²) in [7, 11) is 1.60. The van der Waals surface area contributed by atoms with E-state index < -0.39 is 12.0 Å². The smallest absolute Gasteiger partial charge is 0.320 e. The lowest BCUT2D eigenvalue weighted by Gasteiger charge is -2.07. The highest BCUT2D eigenvalue weighted by molar-refractivity contribution is 9.10. The van der Waals surface area contributed by atoms with E-state index in [9.17, 15) is 4.79 Å². The molecule has 1 atom stereocenters. The number of fused-ring (bicyclic) bond motifs is 1. The van der Waals surface area contributed by atoms with Gasteiger partial charge in [0, 0.05) is 11.8 Å². The number of hydrogen-bond donors (Lipinski definition) is 3. The van der Waals surface area contributed by atoms with Crippen molar-refractivity contribution in [1.82, 2.24) is 4.98 Å². The van der Waals surface area contributed by atoms with Crippen molar-refractivity contribution in [3.63, 3.8) is 0 Å². The standard InChI is InChI=1S/C13H15BrN2O3/c1-6-3-7-8(5-9(15)13(17)18)12(14)16-11(7)10(4-6)19-2/h3-4,9,16H,5,15H2,1-2H3,(H,17,18). The second kappa shape index (κ2) is 5.22. The zero-order chi connectivity index (χ0) is 14.2. The van der Waals surface area contributed by atoms with Gasteiger partial charge in [0.25, 0.3) is 0 Å². The predicted octanol–water partition coefficient (Wildman–Crippen LogP) is 2.20. The van der Waals surface area contributed by atoms with Crippen LogP contribution in [0.5, 0.6) is 5.75 Å². The van der Waals surface area contributed by atoms with E-state index in [1.54, 1.807) is 7.11 Å². The molecule has 2 aromatic rings. The number of methoxy groups -OCH3 is 1. The number of aromatic nitrogens is 1. The molecular weight excluding hydrogens is 312 g/mol. The first-order valence-corrected chi connectivity index (χ1v) is 6.56. The molecule has 0 radical (unpaired) electrons. The second-order valence-corrected chi connectivity index (χ2v) is 5.25. The van der Waals surface area contributed by atoms with Gasteiger partial charge < -0.3 is 20.6 Å². The minimum Gasteiger partial charge on any atom is -0.495 e. The zero-order valence-corrected chi connectivity index (χ0v) is 12.2. The minimum absolute atomic E-state index is 0.253. The number of ether oxygens (including phenoxy) is 1. The number of nitrogens with two attached hydrogens (primary N) is 1. The highest BCUT2D eigenvalue weighted by Crippen LogP contribution is 2.34. The van der Waals surface area contributed by atoms with E-state index >= 15 is 0 Å². The molecule has 5 nitrogen and oxygen atoms in total. The topological polar surface area (TPSA) is 88.3 Å². The van der Waals surface area contributed by atoms with E-state index in [1.165, 1.54) is 0 Å². The van der Waals surface area contributed by atoms with Crippen molar-refractivity contribution in [3.05, 3.63) is 27.9 Å². The van der Waals surface area contributed by atoms with Gasteiger partial charge in [0.15, 0.2) is 0 Å². The van der Waals surface area contributed by atoms with Crippen LogP contribution < -0.4 is 10.5 Å². The number of benzene rings is 1. The van der Waals surface area contributed by atoms with Crippen LogP contribution in [0.25, 0.3) is 10.9 Å². The number of H-pyrrole nitrogens is 1. The maximum atomic E-state index is 10.9. The summed E-state index contributed by atoms with van der Waals surface area (Å²) in [5, 5.41) is 9.85. The van der Waals surface area contributed by atoms with Gasteiger partial charge in [-0.05, 0) is 46.1 Å². The number of aliphatic carboxylic acids is 1. The van der Waals surface area contributed by atoms with Crippen LogP contribution in [0, 0.1) is 6.92 Å². The van der Waals surface area contributed by atoms with E-state index in [0.717, 1.165) is 32.4 Å². The van der Waals surface area contributed by atoms with Gasteiger partial charge >= 0.3 is 5.97 Å². The van der Waals surface area contributed by atoms with Crippen molar-refractivity contribution < 1.29 is 14.6 Å². The van der Waals surface area contributed by atoms with Crippen molar-refractivity contribution in [2.24, 2.45) is 5.73 Å². The van der Waals surface area contributed by atoms with Crippen LogP contribution in [-0.2, 0) is 11.2 Å². The van der Waals surface area contributed by atoms with E-state index in [2.05, 4.69) is 20.9 Å². The Kier molecular flexibility index (Phi) is 3.82. The summed E-state index contributed by atoms with van der Waals surface area (Å²) in [6, 6.07) is 2.98. The molecule has 0 aliphatic heterocycles. The first kappa shape index (κ1) is 13.9. The molecule has 1 heterocycles.